The third-order valence-electron chi connectivity index (χ3n) is 6.28. The molecule has 1 saturated carbocycles. The van der Waals surface area contributed by atoms with Gasteiger partial charge >= 0.3 is 0 Å². The number of nitrogens with zero attached hydrogens (tertiary/aromatic N) is 2. The highest BCUT2D eigenvalue weighted by Gasteiger charge is 2.44. The monoisotopic (exact) mass is 399 g/mol. The predicted octanol–water partition coefficient (Wildman–Crippen LogP) is 3.12. The van der Waals surface area contributed by atoms with Gasteiger partial charge in [-0.05, 0) is 56.0 Å². The van der Waals surface area contributed by atoms with Crippen molar-refractivity contribution in [3.05, 3.63) is 35.4 Å². The van der Waals surface area contributed by atoms with E-state index >= 15 is 0 Å². The highest BCUT2D eigenvalue weighted by molar-refractivity contribution is 6.04. The zero-order valence-electron chi connectivity index (χ0n) is 16.9. The van der Waals surface area contributed by atoms with E-state index in [2.05, 4.69) is 10.1 Å². The summed E-state index contributed by atoms with van der Waals surface area (Å²) in [5, 5.41) is 13.0. The van der Waals surface area contributed by atoms with Crippen LogP contribution in [0.1, 0.15) is 56.1 Å². The maximum absolute atomic E-state index is 11.3. The number of oxime groups is 1. The van der Waals surface area contributed by atoms with Crippen molar-refractivity contribution in [2.45, 2.75) is 56.6 Å². The van der Waals surface area contributed by atoms with Crippen LogP contribution in [0.4, 0.5) is 0 Å². The molecular formula is C22H29N3O4. The number of hydroxylamine groups is 1. The van der Waals surface area contributed by atoms with Gasteiger partial charge < -0.3 is 9.57 Å². The van der Waals surface area contributed by atoms with Crippen LogP contribution in [-0.2, 0) is 9.63 Å². The van der Waals surface area contributed by atoms with Crippen LogP contribution in [0.25, 0.3) is 6.08 Å². The average Bonchev–Trinajstić information content (AvgIpc) is 3.27. The van der Waals surface area contributed by atoms with Crippen molar-refractivity contribution in [2.24, 2.45) is 5.16 Å². The lowest BCUT2D eigenvalue weighted by Gasteiger charge is -2.47. The number of nitrogens with one attached hydrogen (secondary N) is 1. The second-order valence-electron chi connectivity index (χ2n) is 8.26. The van der Waals surface area contributed by atoms with Gasteiger partial charge in [-0.2, -0.15) is 0 Å². The molecule has 2 fully saturated rings. The predicted molar refractivity (Wildman–Crippen MR) is 110 cm³/mol. The van der Waals surface area contributed by atoms with Gasteiger partial charge in [-0.1, -0.05) is 24.1 Å². The molecule has 1 aliphatic carbocycles. The molecule has 3 aliphatic rings. The second kappa shape index (κ2) is 8.55. The van der Waals surface area contributed by atoms with E-state index in [4.69, 9.17) is 14.8 Å². The smallest absolute Gasteiger partial charge is 0.267 e. The number of carbonyl (C=O) groups excluding carboxylic acids is 1. The minimum atomic E-state index is -0.571. The van der Waals surface area contributed by atoms with Crippen molar-refractivity contribution in [1.29, 1.82) is 0 Å². The summed E-state index contributed by atoms with van der Waals surface area (Å²) in [7, 11) is 1.57. The van der Waals surface area contributed by atoms with E-state index in [1.54, 1.807) is 18.7 Å². The Balaban J connectivity index is 1.60. The Kier molecular flexibility index (Phi) is 5.87. The Morgan fingerprint density at radius 1 is 1.38 bits per heavy atom. The topological polar surface area (TPSA) is 83.4 Å². The number of hydrogen-bond acceptors (Lipinski definition) is 6. The number of piperidine rings is 1. The van der Waals surface area contributed by atoms with E-state index in [-0.39, 0.29) is 5.60 Å². The largest absolute Gasteiger partial charge is 0.485 e. The standard InChI is InChI=1S/C22H29N3O4/c1-28-24-19-14-22(11-4-12-25(15-22)17-5-2-3-6-17)29-20-9-7-16(13-18(19)20)8-10-21(26)23-27/h7-10,13,17,27H,2-6,11-12,14-15H2,1H3,(H,23,26). The van der Waals surface area contributed by atoms with E-state index < -0.39 is 5.91 Å². The first-order valence-electron chi connectivity index (χ1n) is 10.4. The molecule has 1 spiro atoms. The van der Waals surface area contributed by atoms with E-state index in [1.165, 1.54) is 31.8 Å². The van der Waals surface area contributed by atoms with E-state index in [0.29, 0.717) is 12.5 Å². The SMILES string of the molecule is CON=C1CC2(CCCN(C3CCCC3)C2)Oc2ccc(C=CC(=O)NO)cc21. The molecule has 29 heavy (non-hydrogen) atoms. The molecule has 156 valence electrons. The summed E-state index contributed by atoms with van der Waals surface area (Å²) in [6.07, 6.45) is 11.0. The van der Waals surface area contributed by atoms with Gasteiger partial charge in [-0.25, -0.2) is 5.48 Å². The maximum atomic E-state index is 11.3. The van der Waals surface area contributed by atoms with Crippen molar-refractivity contribution >= 4 is 17.7 Å². The number of ether oxygens (including phenoxy) is 1. The summed E-state index contributed by atoms with van der Waals surface area (Å²) in [6.45, 7) is 2.08. The van der Waals surface area contributed by atoms with Crippen molar-refractivity contribution < 1.29 is 19.6 Å². The van der Waals surface area contributed by atoms with Crippen molar-refractivity contribution in [3.63, 3.8) is 0 Å². The van der Waals surface area contributed by atoms with Crippen LogP contribution in [0.3, 0.4) is 0 Å². The van der Waals surface area contributed by atoms with Crippen LogP contribution < -0.4 is 10.2 Å². The number of rotatable bonds is 4. The van der Waals surface area contributed by atoms with Crippen LogP contribution in [0.15, 0.2) is 29.4 Å². The Labute approximate surface area is 171 Å². The van der Waals surface area contributed by atoms with E-state index in [1.807, 2.05) is 18.2 Å². The lowest BCUT2D eigenvalue weighted by atomic mass is 9.82. The Morgan fingerprint density at radius 2 is 2.21 bits per heavy atom. The van der Waals surface area contributed by atoms with Gasteiger partial charge in [0.15, 0.2) is 0 Å². The Morgan fingerprint density at radius 3 is 2.97 bits per heavy atom. The maximum Gasteiger partial charge on any atom is 0.267 e. The number of carbonyl (C=O) groups is 1. The van der Waals surface area contributed by atoms with Gasteiger partial charge in [-0.3, -0.25) is 14.9 Å². The fourth-order valence-electron chi connectivity index (χ4n) is 4.98. The highest BCUT2D eigenvalue weighted by atomic mass is 16.6. The molecule has 2 N–H and O–H groups in total. The number of likely N-dealkylation sites (tertiary alicyclic amines) is 1. The van der Waals surface area contributed by atoms with Gasteiger partial charge in [0.2, 0.25) is 0 Å². The number of hydrogen-bond donors (Lipinski definition) is 2. The summed E-state index contributed by atoms with van der Waals surface area (Å²) in [4.78, 5) is 19.0. The number of benzene rings is 1. The number of amides is 1. The summed E-state index contributed by atoms with van der Waals surface area (Å²) in [5.41, 5.74) is 3.92. The summed E-state index contributed by atoms with van der Waals surface area (Å²) in [6, 6.07) is 6.47. The van der Waals surface area contributed by atoms with Crippen LogP contribution in [0.2, 0.25) is 0 Å². The third-order valence-corrected chi connectivity index (χ3v) is 6.28. The first kappa shape index (κ1) is 19.9. The fraction of sp³-hybridized carbons (Fsp3) is 0.545. The Hall–Kier alpha value is -2.38. The van der Waals surface area contributed by atoms with Crippen LogP contribution in [0.5, 0.6) is 5.75 Å². The molecule has 1 saturated heterocycles. The van der Waals surface area contributed by atoms with Gasteiger partial charge in [0.1, 0.15) is 18.5 Å². The minimum Gasteiger partial charge on any atom is -0.485 e. The molecule has 0 aromatic heterocycles. The zero-order chi connectivity index (χ0) is 20.3. The van der Waals surface area contributed by atoms with Gasteiger partial charge in [0.25, 0.3) is 5.91 Å². The van der Waals surface area contributed by atoms with E-state index in [0.717, 1.165) is 48.5 Å². The molecule has 7 heteroatoms. The molecule has 1 aromatic carbocycles. The summed E-state index contributed by atoms with van der Waals surface area (Å²) < 4.78 is 6.61. The first-order chi connectivity index (χ1) is 14.1. The van der Waals surface area contributed by atoms with Crippen molar-refractivity contribution in [3.8, 4) is 5.75 Å². The third kappa shape index (κ3) is 4.31. The molecule has 7 nitrogen and oxygen atoms in total. The molecule has 1 atom stereocenters. The fourth-order valence-corrected chi connectivity index (χ4v) is 4.98. The average molecular weight is 399 g/mol. The van der Waals surface area contributed by atoms with Crippen molar-refractivity contribution in [1.82, 2.24) is 10.4 Å². The lowest BCUT2D eigenvalue weighted by molar-refractivity contribution is -0.124. The lowest BCUT2D eigenvalue weighted by Crippen LogP contribution is -2.56. The van der Waals surface area contributed by atoms with E-state index in [9.17, 15) is 4.79 Å². The number of fused-ring (bicyclic) bond motifs is 1. The molecule has 4 rings (SSSR count). The van der Waals surface area contributed by atoms with Gasteiger partial charge in [-0.15, -0.1) is 0 Å². The van der Waals surface area contributed by atoms with Crippen molar-refractivity contribution in [2.75, 3.05) is 20.2 Å². The quantitative estimate of drug-likeness (QED) is 0.462. The summed E-state index contributed by atoms with van der Waals surface area (Å²) >= 11 is 0. The Bertz CT molecular complexity index is 816. The zero-order valence-corrected chi connectivity index (χ0v) is 16.9. The van der Waals surface area contributed by atoms with Crippen LogP contribution in [0, 0.1) is 0 Å². The minimum absolute atomic E-state index is 0.265. The molecular weight excluding hydrogens is 370 g/mol. The first-order valence-corrected chi connectivity index (χ1v) is 10.4. The van der Waals surface area contributed by atoms with Crippen LogP contribution in [-0.4, -0.2) is 53.6 Å². The van der Waals surface area contributed by atoms with Gasteiger partial charge in [0, 0.05) is 30.6 Å². The molecule has 0 radical (unpaired) electrons. The molecule has 1 unspecified atom stereocenters. The molecule has 1 amide bonds. The normalized spacial score (nSPS) is 26.6. The molecule has 0 bridgehead atoms. The van der Waals surface area contributed by atoms with Gasteiger partial charge in [0.05, 0.1) is 5.71 Å². The van der Waals surface area contributed by atoms with Crippen LogP contribution >= 0.6 is 0 Å². The molecule has 2 aliphatic heterocycles. The molecule has 1 aromatic rings. The molecule has 2 heterocycles. The highest BCUT2D eigenvalue weighted by Crippen LogP contribution is 2.41. The second-order valence-corrected chi connectivity index (χ2v) is 8.26. The summed E-state index contributed by atoms with van der Waals surface area (Å²) in [5.74, 6) is 0.238.